The fourth-order valence-corrected chi connectivity index (χ4v) is 2.66. The van der Waals surface area contributed by atoms with Gasteiger partial charge < -0.3 is 10.6 Å². The van der Waals surface area contributed by atoms with Gasteiger partial charge in [0, 0.05) is 25.2 Å². The van der Waals surface area contributed by atoms with Gasteiger partial charge >= 0.3 is 0 Å². The molecule has 114 valence electrons. The van der Waals surface area contributed by atoms with Gasteiger partial charge in [0.25, 0.3) is 0 Å². The van der Waals surface area contributed by atoms with Crippen LogP contribution in [0.15, 0.2) is 35.9 Å². The Bertz CT molecular complexity index is 494. The van der Waals surface area contributed by atoms with Gasteiger partial charge in [-0.1, -0.05) is 29.8 Å². The number of amides is 1. The van der Waals surface area contributed by atoms with E-state index in [1.165, 1.54) is 36.8 Å². The smallest absolute Gasteiger partial charge is 0.221 e. The van der Waals surface area contributed by atoms with Crippen LogP contribution in [0.3, 0.4) is 0 Å². The third-order valence-electron chi connectivity index (χ3n) is 3.97. The summed E-state index contributed by atoms with van der Waals surface area (Å²) in [4.78, 5) is 11.8. The molecule has 0 saturated heterocycles. The molecule has 0 spiro atoms. The monoisotopic (exact) mass is 286 g/mol. The van der Waals surface area contributed by atoms with Crippen molar-refractivity contribution in [3.8, 4) is 0 Å². The van der Waals surface area contributed by atoms with Crippen LogP contribution >= 0.6 is 0 Å². The molecule has 0 aliphatic heterocycles. The lowest BCUT2D eigenvalue weighted by Gasteiger charge is -2.13. The third-order valence-corrected chi connectivity index (χ3v) is 3.97. The van der Waals surface area contributed by atoms with Gasteiger partial charge in [-0.05, 0) is 50.7 Å². The van der Waals surface area contributed by atoms with Crippen molar-refractivity contribution in [1.29, 1.82) is 0 Å². The molecule has 1 aliphatic carbocycles. The summed E-state index contributed by atoms with van der Waals surface area (Å²) in [5.74, 6) is 0.132. The van der Waals surface area contributed by atoms with Crippen molar-refractivity contribution in [2.24, 2.45) is 0 Å². The van der Waals surface area contributed by atoms with Crippen LogP contribution in [0.2, 0.25) is 0 Å². The first-order chi connectivity index (χ1) is 10.3. The average molecular weight is 286 g/mol. The second-order valence-corrected chi connectivity index (χ2v) is 5.70. The quantitative estimate of drug-likeness (QED) is 0.748. The van der Waals surface area contributed by atoms with Crippen molar-refractivity contribution in [3.05, 3.63) is 41.5 Å². The van der Waals surface area contributed by atoms with Crippen molar-refractivity contribution in [1.82, 2.24) is 5.32 Å². The van der Waals surface area contributed by atoms with Crippen molar-refractivity contribution >= 4 is 11.6 Å². The summed E-state index contributed by atoms with van der Waals surface area (Å²) in [5, 5.41) is 6.32. The number of benzene rings is 1. The fourth-order valence-electron chi connectivity index (χ4n) is 2.66. The van der Waals surface area contributed by atoms with E-state index in [1.807, 2.05) is 18.2 Å². The first kappa shape index (κ1) is 15.6. The lowest BCUT2D eigenvalue weighted by atomic mass is 9.97. The molecule has 0 atom stereocenters. The molecule has 0 bridgehead atoms. The van der Waals surface area contributed by atoms with Crippen LogP contribution in [0.4, 0.5) is 5.69 Å². The highest BCUT2D eigenvalue weighted by Crippen LogP contribution is 2.19. The van der Waals surface area contributed by atoms with Gasteiger partial charge in [-0.2, -0.15) is 0 Å². The molecule has 3 heteroatoms. The number of carbonyl (C=O) groups excluding carboxylic acids is 1. The predicted octanol–water partition coefficient (Wildman–Crippen LogP) is 3.80. The Balaban J connectivity index is 1.59. The Labute approximate surface area is 127 Å². The van der Waals surface area contributed by atoms with Crippen LogP contribution in [0.5, 0.6) is 0 Å². The maximum absolute atomic E-state index is 11.8. The van der Waals surface area contributed by atoms with Crippen LogP contribution in [0.1, 0.15) is 44.1 Å². The Kier molecular flexibility index (Phi) is 6.32. The summed E-state index contributed by atoms with van der Waals surface area (Å²) >= 11 is 0. The molecular formula is C18H26N2O. The molecule has 1 amide bonds. The van der Waals surface area contributed by atoms with Crippen LogP contribution in [0, 0.1) is 6.92 Å². The van der Waals surface area contributed by atoms with E-state index in [4.69, 9.17) is 0 Å². The zero-order chi connectivity index (χ0) is 14.9. The molecule has 1 aromatic carbocycles. The lowest BCUT2D eigenvalue weighted by Crippen LogP contribution is -2.26. The van der Waals surface area contributed by atoms with Gasteiger partial charge in [0.1, 0.15) is 0 Å². The molecule has 0 aromatic heterocycles. The number of hydrogen-bond donors (Lipinski definition) is 2. The summed E-state index contributed by atoms with van der Waals surface area (Å²) in [5.41, 5.74) is 3.83. The number of hydrogen-bond acceptors (Lipinski definition) is 2. The van der Waals surface area contributed by atoms with E-state index in [0.717, 1.165) is 18.7 Å². The van der Waals surface area contributed by atoms with Crippen LogP contribution in [-0.4, -0.2) is 19.0 Å². The highest BCUT2D eigenvalue weighted by atomic mass is 16.1. The number of aryl methyl sites for hydroxylation is 1. The van der Waals surface area contributed by atoms with Gasteiger partial charge in [-0.15, -0.1) is 0 Å². The first-order valence-electron chi connectivity index (χ1n) is 8.00. The van der Waals surface area contributed by atoms with Crippen molar-refractivity contribution < 1.29 is 4.79 Å². The first-order valence-corrected chi connectivity index (χ1v) is 8.00. The lowest BCUT2D eigenvalue weighted by molar-refractivity contribution is -0.120. The van der Waals surface area contributed by atoms with E-state index >= 15 is 0 Å². The molecule has 0 unspecified atom stereocenters. The van der Waals surface area contributed by atoms with Crippen LogP contribution in [0.25, 0.3) is 0 Å². The maximum atomic E-state index is 11.8. The number of carbonyl (C=O) groups is 1. The van der Waals surface area contributed by atoms with E-state index in [-0.39, 0.29) is 5.91 Å². The minimum absolute atomic E-state index is 0.132. The zero-order valence-electron chi connectivity index (χ0n) is 13.0. The predicted molar refractivity (Wildman–Crippen MR) is 88.5 cm³/mol. The van der Waals surface area contributed by atoms with Crippen molar-refractivity contribution in [3.63, 3.8) is 0 Å². The Morgan fingerprint density at radius 1 is 1.19 bits per heavy atom. The average Bonchev–Trinajstić information content (AvgIpc) is 2.50. The summed E-state index contributed by atoms with van der Waals surface area (Å²) in [7, 11) is 0. The van der Waals surface area contributed by atoms with E-state index < -0.39 is 0 Å². The Morgan fingerprint density at radius 2 is 2.05 bits per heavy atom. The number of rotatable bonds is 7. The molecule has 3 nitrogen and oxygen atoms in total. The molecule has 2 rings (SSSR count). The number of anilines is 1. The summed E-state index contributed by atoms with van der Waals surface area (Å²) in [6.45, 7) is 3.52. The highest BCUT2D eigenvalue weighted by Gasteiger charge is 2.05. The summed E-state index contributed by atoms with van der Waals surface area (Å²) in [6, 6.07) is 8.14. The minimum Gasteiger partial charge on any atom is -0.384 e. The van der Waals surface area contributed by atoms with Crippen molar-refractivity contribution in [2.45, 2.75) is 45.4 Å². The van der Waals surface area contributed by atoms with Gasteiger partial charge in [0.15, 0.2) is 0 Å². The molecule has 21 heavy (non-hydrogen) atoms. The molecule has 0 saturated carbocycles. The maximum Gasteiger partial charge on any atom is 0.221 e. The van der Waals surface area contributed by atoms with E-state index in [2.05, 4.69) is 29.7 Å². The molecule has 0 radical (unpaired) electrons. The normalized spacial score (nSPS) is 14.4. The molecular weight excluding hydrogens is 260 g/mol. The van der Waals surface area contributed by atoms with E-state index in [0.29, 0.717) is 13.0 Å². The van der Waals surface area contributed by atoms with Gasteiger partial charge in [-0.25, -0.2) is 0 Å². The van der Waals surface area contributed by atoms with E-state index in [9.17, 15) is 4.79 Å². The molecule has 1 aliphatic rings. The van der Waals surface area contributed by atoms with Gasteiger partial charge in [-0.3, -0.25) is 4.79 Å². The SMILES string of the molecule is Cc1ccccc1NCCC(=O)NCCC1=CCCCC1. The molecule has 0 fully saturated rings. The summed E-state index contributed by atoms with van der Waals surface area (Å²) in [6.07, 6.45) is 8.93. The number of para-hydroxylation sites is 1. The van der Waals surface area contributed by atoms with Crippen LogP contribution in [-0.2, 0) is 4.79 Å². The molecule has 2 N–H and O–H groups in total. The number of allylic oxidation sites excluding steroid dienone is 1. The zero-order valence-corrected chi connectivity index (χ0v) is 13.0. The van der Waals surface area contributed by atoms with E-state index in [1.54, 1.807) is 0 Å². The molecule has 0 heterocycles. The van der Waals surface area contributed by atoms with Gasteiger partial charge in [0.2, 0.25) is 5.91 Å². The van der Waals surface area contributed by atoms with Gasteiger partial charge in [0.05, 0.1) is 0 Å². The Morgan fingerprint density at radius 3 is 2.81 bits per heavy atom. The Hall–Kier alpha value is -1.77. The highest BCUT2D eigenvalue weighted by molar-refractivity contribution is 5.76. The standard InChI is InChI=1S/C18H26N2O/c1-15-7-5-6-10-17(15)19-14-12-18(21)20-13-11-16-8-3-2-4-9-16/h5-8,10,19H,2-4,9,11-14H2,1H3,(H,20,21). The third kappa shape index (κ3) is 5.62. The fraction of sp³-hybridized carbons (Fsp3) is 0.500. The molecule has 1 aromatic rings. The largest absolute Gasteiger partial charge is 0.384 e. The number of nitrogens with one attached hydrogen (secondary N) is 2. The second-order valence-electron chi connectivity index (χ2n) is 5.70. The van der Waals surface area contributed by atoms with Crippen LogP contribution < -0.4 is 10.6 Å². The second kappa shape index (κ2) is 8.50. The summed E-state index contributed by atoms with van der Waals surface area (Å²) < 4.78 is 0. The minimum atomic E-state index is 0.132. The topological polar surface area (TPSA) is 41.1 Å². The van der Waals surface area contributed by atoms with Crippen molar-refractivity contribution in [2.75, 3.05) is 18.4 Å².